The molecule has 3 nitrogen and oxygen atoms in total. The lowest BCUT2D eigenvalue weighted by atomic mass is 10.1. The zero-order chi connectivity index (χ0) is 15.0. The second-order valence-electron chi connectivity index (χ2n) is 5.55. The van der Waals surface area contributed by atoms with Gasteiger partial charge < -0.3 is 15.0 Å². The van der Waals surface area contributed by atoms with E-state index in [1.165, 1.54) is 17.7 Å². The summed E-state index contributed by atoms with van der Waals surface area (Å²) in [5.41, 5.74) is 2.49. The van der Waals surface area contributed by atoms with Gasteiger partial charge in [-0.2, -0.15) is 0 Å². The quantitative estimate of drug-likeness (QED) is 0.706. The number of rotatable bonds is 9. The Morgan fingerprint density at radius 3 is 2.75 bits per heavy atom. The minimum Gasteiger partial charge on any atom is -0.383 e. The third-order valence-corrected chi connectivity index (χ3v) is 3.53. The number of nitrogens with one attached hydrogen (secondary N) is 1. The molecule has 0 saturated heterocycles. The van der Waals surface area contributed by atoms with Crippen molar-refractivity contribution in [3.05, 3.63) is 28.8 Å². The molecule has 0 aliphatic carbocycles. The van der Waals surface area contributed by atoms with E-state index in [4.69, 9.17) is 16.3 Å². The molecule has 114 valence electrons. The molecule has 4 heteroatoms. The summed E-state index contributed by atoms with van der Waals surface area (Å²) in [7, 11) is 3.85. The first-order valence-corrected chi connectivity index (χ1v) is 7.61. The van der Waals surface area contributed by atoms with Gasteiger partial charge in [0, 0.05) is 44.5 Å². The predicted octanol–water partition coefficient (Wildman–Crippen LogP) is 3.56. The van der Waals surface area contributed by atoms with Gasteiger partial charge in [0.25, 0.3) is 0 Å². The topological polar surface area (TPSA) is 24.5 Å². The number of ether oxygens (including phenoxy) is 1. The van der Waals surface area contributed by atoms with Gasteiger partial charge in [0.15, 0.2) is 0 Å². The summed E-state index contributed by atoms with van der Waals surface area (Å²) in [6.07, 6.45) is 1.18. The number of hydrogen-bond donors (Lipinski definition) is 1. The first-order valence-electron chi connectivity index (χ1n) is 7.23. The van der Waals surface area contributed by atoms with E-state index in [1.807, 2.05) is 6.07 Å². The monoisotopic (exact) mass is 298 g/mol. The standard InChI is InChI=1S/C16H27ClN2O/c1-13(2)7-9-19(3)16-11-15(17)6-5-14(16)12-18-8-10-20-4/h5-6,11,13,18H,7-10,12H2,1-4H3. The van der Waals surface area contributed by atoms with E-state index >= 15 is 0 Å². The Labute approximate surface area is 128 Å². The second kappa shape index (κ2) is 9.22. The zero-order valence-corrected chi connectivity index (χ0v) is 13.8. The largest absolute Gasteiger partial charge is 0.383 e. The van der Waals surface area contributed by atoms with Crippen molar-refractivity contribution in [2.45, 2.75) is 26.8 Å². The summed E-state index contributed by atoms with van der Waals surface area (Å²) >= 11 is 6.14. The number of nitrogens with zero attached hydrogens (tertiary/aromatic N) is 1. The van der Waals surface area contributed by atoms with Gasteiger partial charge in [-0.3, -0.25) is 0 Å². The van der Waals surface area contributed by atoms with Gasteiger partial charge in [-0.1, -0.05) is 31.5 Å². The molecule has 1 aromatic rings. The second-order valence-corrected chi connectivity index (χ2v) is 5.98. The fourth-order valence-corrected chi connectivity index (χ4v) is 2.18. The molecule has 0 aliphatic heterocycles. The zero-order valence-electron chi connectivity index (χ0n) is 13.1. The van der Waals surface area contributed by atoms with Crippen molar-refractivity contribution in [3.8, 4) is 0 Å². The maximum absolute atomic E-state index is 6.14. The predicted molar refractivity (Wildman–Crippen MR) is 87.8 cm³/mol. The first kappa shape index (κ1) is 17.3. The molecule has 0 amide bonds. The van der Waals surface area contributed by atoms with Crippen LogP contribution in [0.5, 0.6) is 0 Å². The highest BCUT2D eigenvalue weighted by molar-refractivity contribution is 6.30. The van der Waals surface area contributed by atoms with E-state index in [1.54, 1.807) is 7.11 Å². The summed E-state index contributed by atoms with van der Waals surface area (Å²) in [5, 5.41) is 4.18. The lowest BCUT2D eigenvalue weighted by molar-refractivity contribution is 0.199. The van der Waals surface area contributed by atoms with Crippen molar-refractivity contribution < 1.29 is 4.74 Å². The molecule has 0 fully saturated rings. The first-order chi connectivity index (χ1) is 9.54. The van der Waals surface area contributed by atoms with E-state index in [0.717, 1.165) is 31.3 Å². The number of hydrogen-bond acceptors (Lipinski definition) is 3. The van der Waals surface area contributed by atoms with Crippen LogP contribution in [-0.4, -0.2) is 33.9 Å². The summed E-state index contributed by atoms with van der Waals surface area (Å²) in [6, 6.07) is 6.10. The molecule has 1 aromatic carbocycles. The van der Waals surface area contributed by atoms with Crippen LogP contribution in [0, 0.1) is 5.92 Å². The molecule has 0 aromatic heterocycles. The van der Waals surface area contributed by atoms with Gasteiger partial charge in [-0.25, -0.2) is 0 Å². The highest BCUT2D eigenvalue weighted by Crippen LogP contribution is 2.24. The minimum absolute atomic E-state index is 0.708. The maximum Gasteiger partial charge on any atom is 0.0587 e. The number of benzene rings is 1. The van der Waals surface area contributed by atoms with Crippen LogP contribution in [0.1, 0.15) is 25.8 Å². The molecule has 0 heterocycles. The Bertz CT molecular complexity index is 396. The van der Waals surface area contributed by atoms with Crippen molar-refractivity contribution in [3.63, 3.8) is 0 Å². The highest BCUT2D eigenvalue weighted by Gasteiger charge is 2.09. The van der Waals surface area contributed by atoms with Gasteiger partial charge in [-0.15, -0.1) is 0 Å². The van der Waals surface area contributed by atoms with E-state index < -0.39 is 0 Å². The Kier molecular flexibility index (Phi) is 7.97. The smallest absolute Gasteiger partial charge is 0.0587 e. The van der Waals surface area contributed by atoms with Crippen LogP contribution in [0.15, 0.2) is 18.2 Å². The lowest BCUT2D eigenvalue weighted by Crippen LogP contribution is -2.24. The molecule has 0 bridgehead atoms. The van der Waals surface area contributed by atoms with Gasteiger partial charge in [-0.05, 0) is 30.0 Å². The Morgan fingerprint density at radius 2 is 2.10 bits per heavy atom. The molecular weight excluding hydrogens is 272 g/mol. The fraction of sp³-hybridized carbons (Fsp3) is 0.625. The van der Waals surface area contributed by atoms with Crippen LogP contribution < -0.4 is 10.2 Å². The summed E-state index contributed by atoms with van der Waals surface area (Å²) in [5.74, 6) is 0.708. The van der Waals surface area contributed by atoms with Crippen molar-refractivity contribution >= 4 is 17.3 Å². The molecule has 1 rings (SSSR count). The lowest BCUT2D eigenvalue weighted by Gasteiger charge is -2.24. The Balaban J connectivity index is 2.68. The van der Waals surface area contributed by atoms with Crippen LogP contribution in [0.2, 0.25) is 5.02 Å². The molecular formula is C16H27ClN2O. The average molecular weight is 299 g/mol. The molecule has 0 saturated carbocycles. The maximum atomic E-state index is 6.14. The Hall–Kier alpha value is -0.770. The van der Waals surface area contributed by atoms with Crippen LogP contribution in [0.4, 0.5) is 5.69 Å². The van der Waals surface area contributed by atoms with Crippen molar-refractivity contribution in [1.82, 2.24) is 5.32 Å². The van der Waals surface area contributed by atoms with E-state index in [-0.39, 0.29) is 0 Å². The number of anilines is 1. The summed E-state index contributed by atoms with van der Waals surface area (Å²) in [4.78, 5) is 2.29. The molecule has 0 aliphatic rings. The van der Waals surface area contributed by atoms with Crippen molar-refractivity contribution in [2.24, 2.45) is 5.92 Å². The van der Waals surface area contributed by atoms with Crippen LogP contribution in [-0.2, 0) is 11.3 Å². The Morgan fingerprint density at radius 1 is 1.35 bits per heavy atom. The van der Waals surface area contributed by atoms with Crippen molar-refractivity contribution in [2.75, 3.05) is 38.8 Å². The van der Waals surface area contributed by atoms with Gasteiger partial charge in [0.2, 0.25) is 0 Å². The average Bonchev–Trinajstić information content (AvgIpc) is 2.42. The van der Waals surface area contributed by atoms with Gasteiger partial charge >= 0.3 is 0 Å². The van der Waals surface area contributed by atoms with E-state index in [0.29, 0.717) is 5.92 Å². The number of methoxy groups -OCH3 is 1. The van der Waals surface area contributed by atoms with E-state index in [9.17, 15) is 0 Å². The molecule has 20 heavy (non-hydrogen) atoms. The van der Waals surface area contributed by atoms with Crippen LogP contribution in [0.3, 0.4) is 0 Å². The number of halogens is 1. The third-order valence-electron chi connectivity index (χ3n) is 3.30. The summed E-state index contributed by atoms with van der Waals surface area (Å²) < 4.78 is 5.05. The highest BCUT2D eigenvalue weighted by atomic mass is 35.5. The van der Waals surface area contributed by atoms with Gasteiger partial charge in [0.05, 0.1) is 6.61 Å². The SMILES string of the molecule is COCCNCc1ccc(Cl)cc1N(C)CCC(C)C. The summed E-state index contributed by atoms with van der Waals surface area (Å²) in [6.45, 7) is 7.96. The van der Waals surface area contributed by atoms with Crippen LogP contribution in [0.25, 0.3) is 0 Å². The third kappa shape index (κ3) is 6.12. The molecule has 0 unspecified atom stereocenters. The van der Waals surface area contributed by atoms with Gasteiger partial charge in [0.1, 0.15) is 0 Å². The van der Waals surface area contributed by atoms with Crippen molar-refractivity contribution in [1.29, 1.82) is 0 Å². The fourth-order valence-electron chi connectivity index (χ4n) is 2.01. The molecule has 1 N–H and O–H groups in total. The molecule has 0 atom stereocenters. The molecule has 0 radical (unpaired) electrons. The van der Waals surface area contributed by atoms with Crippen LogP contribution >= 0.6 is 11.6 Å². The normalized spacial score (nSPS) is 11.1. The molecule has 0 spiro atoms. The van der Waals surface area contributed by atoms with E-state index in [2.05, 4.69) is 43.2 Å². The minimum atomic E-state index is 0.708.